The van der Waals surface area contributed by atoms with E-state index in [1.807, 2.05) is 44.2 Å². The monoisotopic (exact) mass is 280 g/mol. The Balaban J connectivity index is 2.03. The number of aromatic nitrogens is 3. The van der Waals surface area contributed by atoms with Crippen LogP contribution >= 0.6 is 0 Å². The van der Waals surface area contributed by atoms with E-state index in [4.69, 9.17) is 10.5 Å². The number of rotatable bonds is 3. The van der Waals surface area contributed by atoms with Crippen molar-refractivity contribution in [1.82, 2.24) is 15.0 Å². The minimum atomic E-state index is 0.185. The largest absolute Gasteiger partial charge is 0.438 e. The van der Waals surface area contributed by atoms with Crippen molar-refractivity contribution in [2.75, 3.05) is 5.73 Å². The lowest BCUT2D eigenvalue weighted by molar-refractivity contribution is 0.462. The van der Waals surface area contributed by atoms with E-state index in [1.165, 1.54) is 0 Å². The third-order valence-corrected chi connectivity index (χ3v) is 3.08. The first-order valence-electron chi connectivity index (χ1n) is 6.79. The summed E-state index contributed by atoms with van der Waals surface area (Å²) < 4.78 is 5.89. The van der Waals surface area contributed by atoms with E-state index in [-0.39, 0.29) is 5.92 Å². The van der Waals surface area contributed by atoms with Crippen molar-refractivity contribution < 1.29 is 4.74 Å². The lowest BCUT2D eigenvalue weighted by Crippen LogP contribution is -2.03. The lowest BCUT2D eigenvalue weighted by atomic mass is 10.2. The highest BCUT2D eigenvalue weighted by molar-refractivity contribution is 5.85. The van der Waals surface area contributed by atoms with Crippen molar-refractivity contribution in [3.63, 3.8) is 0 Å². The van der Waals surface area contributed by atoms with Gasteiger partial charge < -0.3 is 10.5 Å². The summed E-state index contributed by atoms with van der Waals surface area (Å²) in [6.45, 7) is 4.03. The zero-order valence-electron chi connectivity index (χ0n) is 11.9. The first-order chi connectivity index (χ1) is 10.1. The van der Waals surface area contributed by atoms with Gasteiger partial charge in [0.2, 0.25) is 5.88 Å². The van der Waals surface area contributed by atoms with E-state index < -0.39 is 0 Å². The van der Waals surface area contributed by atoms with Crippen LogP contribution in [-0.4, -0.2) is 15.0 Å². The molecule has 0 bridgehead atoms. The number of nitrogens with zero attached hydrogens (tertiary/aromatic N) is 3. The normalized spacial score (nSPS) is 11.0. The van der Waals surface area contributed by atoms with Crippen LogP contribution in [0.15, 0.2) is 42.6 Å². The molecule has 2 heterocycles. The van der Waals surface area contributed by atoms with Gasteiger partial charge in [-0.3, -0.25) is 4.98 Å². The van der Waals surface area contributed by atoms with E-state index in [2.05, 4.69) is 15.0 Å². The van der Waals surface area contributed by atoms with Crippen LogP contribution < -0.4 is 10.5 Å². The van der Waals surface area contributed by atoms with Crippen molar-refractivity contribution in [2.45, 2.75) is 19.8 Å². The molecule has 5 nitrogen and oxygen atoms in total. The number of nitrogen functional groups attached to an aromatic ring is 1. The van der Waals surface area contributed by atoms with Gasteiger partial charge in [-0.1, -0.05) is 19.9 Å². The number of ether oxygens (including phenoxy) is 1. The van der Waals surface area contributed by atoms with E-state index in [9.17, 15) is 0 Å². The first kappa shape index (κ1) is 13.3. The Morgan fingerprint density at radius 3 is 2.76 bits per heavy atom. The highest BCUT2D eigenvalue weighted by Crippen LogP contribution is 2.29. The van der Waals surface area contributed by atoms with Gasteiger partial charge in [-0.2, -0.15) is 4.98 Å². The average Bonchev–Trinajstić information content (AvgIpc) is 2.47. The summed E-state index contributed by atoms with van der Waals surface area (Å²) in [5, 5.41) is 0.934. The second kappa shape index (κ2) is 5.36. The molecule has 0 saturated carbocycles. The fourth-order valence-electron chi connectivity index (χ4n) is 2.05. The number of hydrogen-bond donors (Lipinski definition) is 1. The van der Waals surface area contributed by atoms with E-state index in [0.717, 1.165) is 10.9 Å². The summed E-state index contributed by atoms with van der Waals surface area (Å²) in [5.74, 6) is 2.41. The Hall–Kier alpha value is -2.69. The van der Waals surface area contributed by atoms with Crippen LogP contribution in [0.5, 0.6) is 11.6 Å². The maximum Gasteiger partial charge on any atom is 0.224 e. The molecule has 2 N–H and O–H groups in total. The zero-order valence-corrected chi connectivity index (χ0v) is 11.9. The molecule has 5 heteroatoms. The molecule has 21 heavy (non-hydrogen) atoms. The van der Waals surface area contributed by atoms with Crippen LogP contribution in [0.1, 0.15) is 25.6 Å². The number of hydrogen-bond acceptors (Lipinski definition) is 5. The summed E-state index contributed by atoms with van der Waals surface area (Å²) >= 11 is 0. The summed E-state index contributed by atoms with van der Waals surface area (Å²) in [5.41, 5.74) is 6.70. The smallest absolute Gasteiger partial charge is 0.224 e. The quantitative estimate of drug-likeness (QED) is 0.794. The van der Waals surface area contributed by atoms with E-state index in [0.29, 0.717) is 23.3 Å². The van der Waals surface area contributed by atoms with Gasteiger partial charge in [0.1, 0.15) is 17.4 Å². The van der Waals surface area contributed by atoms with Gasteiger partial charge in [0.15, 0.2) is 0 Å². The molecule has 0 unspecified atom stereocenters. The van der Waals surface area contributed by atoms with Gasteiger partial charge in [0.25, 0.3) is 0 Å². The molecule has 0 spiro atoms. The molecule has 0 fully saturated rings. The lowest BCUT2D eigenvalue weighted by Gasteiger charge is -2.10. The molecular formula is C16H16N4O. The Bertz CT molecular complexity index is 781. The molecule has 0 saturated heterocycles. The van der Waals surface area contributed by atoms with Gasteiger partial charge in [-0.05, 0) is 24.3 Å². The van der Waals surface area contributed by atoms with E-state index in [1.54, 1.807) is 12.3 Å². The highest BCUT2D eigenvalue weighted by Gasteiger charge is 2.10. The van der Waals surface area contributed by atoms with Gasteiger partial charge in [-0.15, -0.1) is 0 Å². The summed E-state index contributed by atoms with van der Waals surface area (Å²) in [6, 6.07) is 11.2. The predicted octanol–water partition coefficient (Wildman–Crippen LogP) is 3.52. The second-order valence-corrected chi connectivity index (χ2v) is 5.07. The summed E-state index contributed by atoms with van der Waals surface area (Å²) in [4.78, 5) is 12.9. The predicted molar refractivity (Wildman–Crippen MR) is 82.4 cm³/mol. The maximum atomic E-state index is 5.89. The highest BCUT2D eigenvalue weighted by atomic mass is 16.5. The molecule has 0 amide bonds. The van der Waals surface area contributed by atoms with Crippen molar-refractivity contribution in [2.24, 2.45) is 0 Å². The Morgan fingerprint density at radius 1 is 1.10 bits per heavy atom. The topological polar surface area (TPSA) is 73.9 Å². The maximum absolute atomic E-state index is 5.89. The first-order valence-corrected chi connectivity index (χ1v) is 6.79. The Kier molecular flexibility index (Phi) is 3.39. The van der Waals surface area contributed by atoms with E-state index >= 15 is 0 Å². The molecule has 0 aliphatic carbocycles. The van der Waals surface area contributed by atoms with Gasteiger partial charge in [-0.25, -0.2) is 4.98 Å². The average molecular weight is 280 g/mol. The minimum Gasteiger partial charge on any atom is -0.438 e. The molecule has 3 rings (SSSR count). The van der Waals surface area contributed by atoms with Crippen molar-refractivity contribution in [1.29, 1.82) is 0 Å². The fraction of sp³-hybridized carbons (Fsp3) is 0.188. The molecular weight excluding hydrogens is 264 g/mol. The SMILES string of the molecule is CC(C)c1nc(N)cc(Oc2cccc3ncccc23)n1. The summed E-state index contributed by atoms with van der Waals surface area (Å²) in [7, 11) is 0. The minimum absolute atomic E-state index is 0.185. The number of pyridine rings is 1. The zero-order chi connectivity index (χ0) is 14.8. The Labute approximate surface area is 122 Å². The second-order valence-electron chi connectivity index (χ2n) is 5.07. The van der Waals surface area contributed by atoms with Gasteiger partial charge >= 0.3 is 0 Å². The van der Waals surface area contributed by atoms with Crippen LogP contribution in [-0.2, 0) is 0 Å². The molecule has 2 aromatic heterocycles. The molecule has 1 aromatic carbocycles. The molecule has 0 aliphatic rings. The Morgan fingerprint density at radius 2 is 1.95 bits per heavy atom. The standard InChI is InChI=1S/C16H16N4O/c1-10(2)16-19-14(17)9-15(20-16)21-13-7-3-6-12-11(13)5-4-8-18-12/h3-10H,1-2H3,(H2,17,19,20). The van der Waals surface area contributed by atoms with Gasteiger partial charge in [0, 0.05) is 23.6 Å². The van der Waals surface area contributed by atoms with Crippen LogP contribution in [0.3, 0.4) is 0 Å². The number of anilines is 1. The van der Waals surface area contributed by atoms with Crippen molar-refractivity contribution in [3.05, 3.63) is 48.4 Å². The molecule has 0 radical (unpaired) electrons. The third-order valence-electron chi connectivity index (χ3n) is 3.08. The van der Waals surface area contributed by atoms with Gasteiger partial charge in [0.05, 0.1) is 5.52 Å². The molecule has 0 aliphatic heterocycles. The number of nitrogens with two attached hydrogens (primary N) is 1. The summed E-state index contributed by atoms with van der Waals surface area (Å²) in [6.07, 6.45) is 1.76. The third kappa shape index (κ3) is 2.76. The van der Waals surface area contributed by atoms with Crippen molar-refractivity contribution >= 4 is 16.7 Å². The molecule has 3 aromatic rings. The van der Waals surface area contributed by atoms with Crippen LogP contribution in [0, 0.1) is 0 Å². The number of fused-ring (bicyclic) bond motifs is 1. The van der Waals surface area contributed by atoms with Crippen LogP contribution in [0.2, 0.25) is 0 Å². The fourth-order valence-corrected chi connectivity index (χ4v) is 2.05. The molecule has 0 atom stereocenters. The molecule has 106 valence electrons. The van der Waals surface area contributed by atoms with Crippen molar-refractivity contribution in [3.8, 4) is 11.6 Å². The number of benzene rings is 1. The van der Waals surface area contributed by atoms with Crippen LogP contribution in [0.4, 0.5) is 5.82 Å². The van der Waals surface area contributed by atoms with Crippen LogP contribution in [0.25, 0.3) is 10.9 Å².